The number of carboxylic acid groups (broad SMARTS) is 1. The minimum Gasteiger partial charge on any atom is -0.481 e. The molecule has 1 N–H and O–H groups in total. The fourth-order valence-electron chi connectivity index (χ4n) is 2.25. The summed E-state index contributed by atoms with van der Waals surface area (Å²) in [5.74, 6) is -1.11. The first-order valence-electron chi connectivity index (χ1n) is 6.67. The highest BCUT2D eigenvalue weighted by Crippen LogP contribution is 2.15. The van der Waals surface area contributed by atoms with E-state index in [1.807, 2.05) is 0 Å². The van der Waals surface area contributed by atoms with E-state index in [0.29, 0.717) is 18.7 Å². The van der Waals surface area contributed by atoms with Crippen LogP contribution in [0.15, 0.2) is 12.4 Å². The minimum absolute atomic E-state index is 0.00409. The normalized spacial score (nSPS) is 18.1. The first-order chi connectivity index (χ1) is 9.56. The molecule has 0 radical (unpaired) electrons. The summed E-state index contributed by atoms with van der Waals surface area (Å²) in [5.41, 5.74) is 0.468. The summed E-state index contributed by atoms with van der Waals surface area (Å²) in [7, 11) is 1.73. The average molecular weight is 281 g/mol. The predicted octanol–water partition coefficient (Wildman–Crippen LogP) is 0.516. The molecule has 20 heavy (non-hydrogen) atoms. The van der Waals surface area contributed by atoms with Crippen LogP contribution in [0.2, 0.25) is 0 Å². The molecule has 1 aromatic heterocycles. The molecule has 1 fully saturated rings. The van der Waals surface area contributed by atoms with E-state index in [2.05, 4.69) is 5.10 Å². The lowest BCUT2D eigenvalue weighted by Gasteiger charge is -2.24. The van der Waals surface area contributed by atoms with Crippen LogP contribution >= 0.6 is 0 Å². The van der Waals surface area contributed by atoms with E-state index in [1.54, 1.807) is 22.8 Å². The Balaban J connectivity index is 2.03. The molecule has 7 nitrogen and oxygen atoms in total. The molecular weight excluding hydrogens is 262 g/mol. The Labute approximate surface area is 117 Å². The maximum absolute atomic E-state index is 12.4. The number of nitrogens with zero attached hydrogens (tertiary/aromatic N) is 3. The smallest absolute Gasteiger partial charge is 0.305 e. The van der Waals surface area contributed by atoms with Gasteiger partial charge in [0, 0.05) is 32.9 Å². The van der Waals surface area contributed by atoms with Crippen LogP contribution in [-0.4, -0.2) is 57.5 Å². The fourth-order valence-corrected chi connectivity index (χ4v) is 2.25. The van der Waals surface area contributed by atoms with Gasteiger partial charge in [0.15, 0.2) is 0 Å². The summed E-state index contributed by atoms with van der Waals surface area (Å²) in [5, 5.41) is 12.8. The number of ether oxygens (including phenoxy) is 1. The predicted molar refractivity (Wildman–Crippen MR) is 70.3 cm³/mol. The minimum atomic E-state index is -0.915. The highest BCUT2D eigenvalue weighted by molar-refractivity contribution is 5.94. The number of hydrogen-bond donors (Lipinski definition) is 1. The third-order valence-corrected chi connectivity index (χ3v) is 3.28. The van der Waals surface area contributed by atoms with E-state index >= 15 is 0 Å². The SMILES string of the molecule is Cn1cc(C(=O)N(CCC(=O)O)C[C@H]2CCCO2)cn1. The molecule has 2 rings (SSSR count). The van der Waals surface area contributed by atoms with Crippen LogP contribution in [0.25, 0.3) is 0 Å². The molecule has 2 heterocycles. The molecule has 1 saturated heterocycles. The van der Waals surface area contributed by atoms with Gasteiger partial charge in [-0.15, -0.1) is 0 Å². The topological polar surface area (TPSA) is 84.7 Å². The Morgan fingerprint density at radius 2 is 2.40 bits per heavy atom. The molecule has 0 bridgehead atoms. The first-order valence-corrected chi connectivity index (χ1v) is 6.67. The summed E-state index contributed by atoms with van der Waals surface area (Å²) in [6.45, 7) is 1.32. The number of carbonyl (C=O) groups is 2. The fraction of sp³-hybridized carbons (Fsp3) is 0.615. The molecule has 1 aliphatic heterocycles. The molecule has 0 spiro atoms. The zero-order valence-corrected chi connectivity index (χ0v) is 11.5. The van der Waals surface area contributed by atoms with Crippen LogP contribution in [-0.2, 0) is 16.6 Å². The second-order valence-electron chi connectivity index (χ2n) is 4.93. The Morgan fingerprint density at radius 3 is 2.95 bits per heavy atom. The van der Waals surface area contributed by atoms with Crippen molar-refractivity contribution in [3.05, 3.63) is 18.0 Å². The van der Waals surface area contributed by atoms with Crippen LogP contribution < -0.4 is 0 Å². The largest absolute Gasteiger partial charge is 0.481 e. The van der Waals surface area contributed by atoms with Gasteiger partial charge in [-0.25, -0.2) is 0 Å². The van der Waals surface area contributed by atoms with Crippen LogP contribution in [0.3, 0.4) is 0 Å². The lowest BCUT2D eigenvalue weighted by Crippen LogP contribution is -2.38. The van der Waals surface area contributed by atoms with E-state index in [4.69, 9.17) is 9.84 Å². The summed E-state index contributed by atoms with van der Waals surface area (Å²) in [6.07, 6.45) is 4.95. The van der Waals surface area contributed by atoms with Crippen LogP contribution in [0.1, 0.15) is 29.6 Å². The number of amides is 1. The van der Waals surface area contributed by atoms with E-state index in [9.17, 15) is 9.59 Å². The number of hydrogen-bond acceptors (Lipinski definition) is 4. The standard InChI is InChI=1S/C13H19N3O4/c1-15-8-10(7-14-15)13(19)16(5-4-12(17)18)9-11-3-2-6-20-11/h7-8,11H,2-6,9H2,1H3,(H,17,18)/t11-/m1/s1. The molecular formula is C13H19N3O4. The molecule has 0 aromatic carbocycles. The lowest BCUT2D eigenvalue weighted by atomic mass is 10.2. The maximum atomic E-state index is 12.4. The van der Waals surface area contributed by atoms with Gasteiger partial charge in [0.25, 0.3) is 5.91 Å². The van der Waals surface area contributed by atoms with Gasteiger partial charge in [0.05, 0.1) is 24.3 Å². The van der Waals surface area contributed by atoms with Crippen molar-refractivity contribution >= 4 is 11.9 Å². The molecule has 110 valence electrons. The zero-order chi connectivity index (χ0) is 14.5. The van der Waals surface area contributed by atoms with Crippen molar-refractivity contribution in [1.82, 2.24) is 14.7 Å². The number of carbonyl (C=O) groups excluding carboxylic acids is 1. The summed E-state index contributed by atoms with van der Waals surface area (Å²) in [4.78, 5) is 24.6. The van der Waals surface area contributed by atoms with Gasteiger partial charge < -0.3 is 14.7 Å². The number of carboxylic acids is 1. The molecule has 0 unspecified atom stereocenters. The number of rotatable bonds is 6. The third-order valence-electron chi connectivity index (χ3n) is 3.28. The average Bonchev–Trinajstić information content (AvgIpc) is 3.04. The van der Waals surface area contributed by atoms with Crippen molar-refractivity contribution < 1.29 is 19.4 Å². The summed E-state index contributed by atoms with van der Waals surface area (Å²) >= 11 is 0. The van der Waals surface area contributed by atoms with Gasteiger partial charge in [-0.2, -0.15) is 5.10 Å². The molecule has 1 amide bonds. The Hall–Kier alpha value is -1.89. The second-order valence-corrected chi connectivity index (χ2v) is 4.93. The lowest BCUT2D eigenvalue weighted by molar-refractivity contribution is -0.137. The van der Waals surface area contributed by atoms with Crippen LogP contribution in [0.5, 0.6) is 0 Å². The molecule has 1 aromatic rings. The van der Waals surface area contributed by atoms with Gasteiger partial charge in [0.1, 0.15) is 0 Å². The van der Waals surface area contributed by atoms with E-state index in [-0.39, 0.29) is 25.0 Å². The second kappa shape index (κ2) is 6.51. The molecule has 7 heteroatoms. The monoisotopic (exact) mass is 281 g/mol. The molecule has 1 aliphatic rings. The Kier molecular flexibility index (Phi) is 4.73. The molecule has 0 saturated carbocycles. The van der Waals surface area contributed by atoms with Crippen molar-refractivity contribution in [2.24, 2.45) is 7.05 Å². The summed E-state index contributed by atoms with van der Waals surface area (Å²) in [6, 6.07) is 0. The van der Waals surface area contributed by atoms with Crippen molar-refractivity contribution in [2.75, 3.05) is 19.7 Å². The Bertz CT molecular complexity index is 480. The molecule has 0 aliphatic carbocycles. The van der Waals surface area contributed by atoms with Crippen molar-refractivity contribution in [3.63, 3.8) is 0 Å². The number of aryl methyl sites for hydroxylation is 1. The highest BCUT2D eigenvalue weighted by Gasteiger charge is 2.24. The van der Waals surface area contributed by atoms with Gasteiger partial charge in [-0.05, 0) is 12.8 Å². The van der Waals surface area contributed by atoms with Gasteiger partial charge >= 0.3 is 5.97 Å². The Morgan fingerprint density at radius 1 is 1.60 bits per heavy atom. The third kappa shape index (κ3) is 3.80. The van der Waals surface area contributed by atoms with Crippen LogP contribution in [0.4, 0.5) is 0 Å². The van der Waals surface area contributed by atoms with Crippen LogP contribution in [0, 0.1) is 0 Å². The zero-order valence-electron chi connectivity index (χ0n) is 11.5. The van der Waals surface area contributed by atoms with Gasteiger partial charge in [-0.1, -0.05) is 0 Å². The number of aromatic nitrogens is 2. The van der Waals surface area contributed by atoms with Gasteiger partial charge in [-0.3, -0.25) is 14.3 Å². The van der Waals surface area contributed by atoms with Crippen molar-refractivity contribution in [3.8, 4) is 0 Å². The molecule has 1 atom stereocenters. The maximum Gasteiger partial charge on any atom is 0.305 e. The van der Waals surface area contributed by atoms with Crippen molar-refractivity contribution in [2.45, 2.75) is 25.4 Å². The quantitative estimate of drug-likeness (QED) is 0.821. The number of aliphatic carboxylic acids is 1. The first kappa shape index (κ1) is 14.5. The van der Waals surface area contributed by atoms with Gasteiger partial charge in [0.2, 0.25) is 0 Å². The van der Waals surface area contributed by atoms with E-state index in [0.717, 1.165) is 12.8 Å². The van der Waals surface area contributed by atoms with E-state index < -0.39 is 5.97 Å². The summed E-state index contributed by atoms with van der Waals surface area (Å²) < 4.78 is 7.07. The van der Waals surface area contributed by atoms with Crippen molar-refractivity contribution in [1.29, 1.82) is 0 Å². The van der Waals surface area contributed by atoms with E-state index in [1.165, 1.54) is 6.20 Å². The highest BCUT2D eigenvalue weighted by atomic mass is 16.5.